The Morgan fingerprint density at radius 1 is 1.23 bits per heavy atom. The summed E-state index contributed by atoms with van der Waals surface area (Å²) in [5.74, 6) is 0.799. The summed E-state index contributed by atoms with van der Waals surface area (Å²) in [7, 11) is 0. The summed E-state index contributed by atoms with van der Waals surface area (Å²) in [6, 6.07) is 0. The molecule has 0 aliphatic carbocycles. The summed E-state index contributed by atoms with van der Waals surface area (Å²) in [6.07, 6.45) is 0. The zero-order valence-electron chi connectivity index (χ0n) is 9.55. The molecule has 0 saturated heterocycles. The summed E-state index contributed by atoms with van der Waals surface area (Å²) >= 11 is 0. The zero-order valence-corrected chi connectivity index (χ0v) is 9.55. The molecule has 0 spiro atoms. The third kappa shape index (κ3) is 6.31. The van der Waals surface area contributed by atoms with Crippen LogP contribution >= 0.6 is 0 Å². The zero-order chi connectivity index (χ0) is 10.6. The third-order valence-corrected chi connectivity index (χ3v) is 1.58. The SMILES string of the molecule is CC(=NC(N)=NC(C)(C)C)C(C)C. The van der Waals surface area contributed by atoms with E-state index in [4.69, 9.17) is 5.73 Å². The van der Waals surface area contributed by atoms with Crippen molar-refractivity contribution in [3.8, 4) is 0 Å². The van der Waals surface area contributed by atoms with Gasteiger partial charge in [-0.15, -0.1) is 0 Å². The predicted molar refractivity (Wildman–Crippen MR) is 59.3 cm³/mol. The average Bonchev–Trinajstić information content (AvgIpc) is 1.81. The van der Waals surface area contributed by atoms with Crippen molar-refractivity contribution in [2.24, 2.45) is 21.6 Å². The fourth-order valence-corrected chi connectivity index (χ4v) is 0.678. The number of nitrogens with two attached hydrogens (primary N) is 1. The molecule has 0 radical (unpaired) electrons. The van der Waals surface area contributed by atoms with Crippen molar-refractivity contribution in [1.82, 2.24) is 0 Å². The number of hydrogen-bond acceptors (Lipinski definition) is 1. The summed E-state index contributed by atoms with van der Waals surface area (Å²) < 4.78 is 0. The summed E-state index contributed by atoms with van der Waals surface area (Å²) in [5, 5.41) is 0. The number of guanidine groups is 1. The van der Waals surface area contributed by atoms with E-state index in [2.05, 4.69) is 23.8 Å². The lowest BCUT2D eigenvalue weighted by Gasteiger charge is -2.12. The minimum Gasteiger partial charge on any atom is -0.368 e. The normalized spacial score (nSPS) is 15.3. The Labute approximate surface area is 81.2 Å². The van der Waals surface area contributed by atoms with Crippen LogP contribution in [0.4, 0.5) is 0 Å². The monoisotopic (exact) mass is 183 g/mol. The van der Waals surface area contributed by atoms with Crippen LogP contribution in [0.2, 0.25) is 0 Å². The number of hydrogen-bond donors (Lipinski definition) is 1. The van der Waals surface area contributed by atoms with Gasteiger partial charge < -0.3 is 5.73 Å². The lowest BCUT2D eigenvalue weighted by atomic mass is 10.1. The lowest BCUT2D eigenvalue weighted by molar-refractivity contribution is 0.582. The first-order valence-electron chi connectivity index (χ1n) is 4.63. The van der Waals surface area contributed by atoms with Crippen molar-refractivity contribution >= 4 is 11.7 Å². The number of rotatable bonds is 1. The second kappa shape index (κ2) is 4.40. The molecule has 0 atom stereocenters. The second-order valence-electron chi connectivity index (χ2n) is 4.55. The quantitative estimate of drug-likeness (QED) is 0.492. The van der Waals surface area contributed by atoms with E-state index >= 15 is 0 Å². The van der Waals surface area contributed by atoms with E-state index in [0.29, 0.717) is 11.9 Å². The minimum absolute atomic E-state index is 0.148. The Morgan fingerprint density at radius 2 is 1.69 bits per heavy atom. The third-order valence-electron chi connectivity index (χ3n) is 1.58. The largest absolute Gasteiger partial charge is 0.368 e. The van der Waals surface area contributed by atoms with Gasteiger partial charge in [0.05, 0.1) is 5.54 Å². The first-order chi connectivity index (χ1) is 5.72. The fourth-order valence-electron chi connectivity index (χ4n) is 0.678. The van der Waals surface area contributed by atoms with E-state index < -0.39 is 0 Å². The van der Waals surface area contributed by atoms with Gasteiger partial charge in [0.1, 0.15) is 0 Å². The summed E-state index contributed by atoms with van der Waals surface area (Å²) in [4.78, 5) is 8.44. The van der Waals surface area contributed by atoms with Gasteiger partial charge in [0, 0.05) is 5.71 Å². The topological polar surface area (TPSA) is 50.7 Å². The van der Waals surface area contributed by atoms with E-state index in [1.165, 1.54) is 0 Å². The van der Waals surface area contributed by atoms with E-state index in [-0.39, 0.29) is 5.54 Å². The standard InChI is InChI=1S/C10H21N3/c1-7(2)8(3)12-9(11)13-10(4,5)6/h7H,1-6H3,(H2,11,13). The van der Waals surface area contributed by atoms with Crippen molar-refractivity contribution in [3.05, 3.63) is 0 Å². The molecule has 13 heavy (non-hydrogen) atoms. The van der Waals surface area contributed by atoms with E-state index in [1.807, 2.05) is 27.7 Å². The molecule has 0 unspecified atom stereocenters. The van der Waals surface area contributed by atoms with Gasteiger partial charge in [-0.05, 0) is 33.6 Å². The summed E-state index contributed by atoms with van der Waals surface area (Å²) in [5.41, 5.74) is 6.53. The lowest BCUT2D eigenvalue weighted by Crippen LogP contribution is -2.20. The average molecular weight is 183 g/mol. The fraction of sp³-hybridized carbons (Fsp3) is 0.800. The van der Waals surface area contributed by atoms with Gasteiger partial charge in [-0.1, -0.05) is 13.8 Å². The van der Waals surface area contributed by atoms with Crippen LogP contribution in [0.15, 0.2) is 9.98 Å². The molecule has 0 bridgehead atoms. The van der Waals surface area contributed by atoms with Crippen LogP contribution in [0.1, 0.15) is 41.5 Å². The molecule has 76 valence electrons. The molecule has 3 heteroatoms. The molecular weight excluding hydrogens is 162 g/mol. The number of aliphatic imine (C=N–C) groups is 2. The highest BCUT2D eigenvalue weighted by atomic mass is 15.1. The molecule has 3 nitrogen and oxygen atoms in total. The van der Waals surface area contributed by atoms with Crippen LogP contribution in [0.3, 0.4) is 0 Å². The summed E-state index contributed by atoms with van der Waals surface area (Å²) in [6.45, 7) is 12.1. The Kier molecular flexibility index (Phi) is 4.11. The maximum absolute atomic E-state index is 5.66. The molecule has 0 amide bonds. The van der Waals surface area contributed by atoms with Crippen molar-refractivity contribution in [2.45, 2.75) is 47.1 Å². The Balaban J connectivity index is 4.55. The van der Waals surface area contributed by atoms with Crippen LogP contribution in [0, 0.1) is 5.92 Å². The molecule has 0 rings (SSSR count). The van der Waals surface area contributed by atoms with Gasteiger partial charge in [-0.2, -0.15) is 0 Å². The van der Waals surface area contributed by atoms with Crippen molar-refractivity contribution < 1.29 is 0 Å². The van der Waals surface area contributed by atoms with Crippen LogP contribution in [-0.4, -0.2) is 17.2 Å². The molecule has 0 aliphatic heterocycles. The van der Waals surface area contributed by atoms with Gasteiger partial charge in [0.25, 0.3) is 0 Å². The van der Waals surface area contributed by atoms with Crippen LogP contribution in [-0.2, 0) is 0 Å². The van der Waals surface area contributed by atoms with E-state index in [9.17, 15) is 0 Å². The molecule has 0 aliphatic rings. The Bertz CT molecular complexity index is 219. The van der Waals surface area contributed by atoms with E-state index in [0.717, 1.165) is 5.71 Å². The van der Waals surface area contributed by atoms with Gasteiger partial charge in [0.15, 0.2) is 0 Å². The minimum atomic E-state index is -0.148. The molecule has 0 fully saturated rings. The highest BCUT2D eigenvalue weighted by Gasteiger charge is 2.08. The van der Waals surface area contributed by atoms with Crippen molar-refractivity contribution in [2.75, 3.05) is 0 Å². The Hall–Kier alpha value is -0.860. The maximum Gasteiger partial charge on any atom is 0.215 e. The molecule has 2 N–H and O–H groups in total. The molecular formula is C10H21N3. The molecule has 0 aromatic rings. The predicted octanol–water partition coefficient (Wildman–Crippen LogP) is 2.22. The van der Waals surface area contributed by atoms with Gasteiger partial charge in [-0.3, -0.25) is 0 Å². The highest BCUT2D eigenvalue weighted by Crippen LogP contribution is 2.06. The van der Waals surface area contributed by atoms with Crippen molar-refractivity contribution in [1.29, 1.82) is 0 Å². The first-order valence-corrected chi connectivity index (χ1v) is 4.63. The molecule has 0 saturated carbocycles. The Morgan fingerprint density at radius 3 is 2.00 bits per heavy atom. The van der Waals surface area contributed by atoms with Crippen LogP contribution in [0.5, 0.6) is 0 Å². The molecule has 0 aromatic carbocycles. The number of nitrogens with zero attached hydrogens (tertiary/aromatic N) is 2. The molecule has 0 aromatic heterocycles. The van der Waals surface area contributed by atoms with Gasteiger partial charge in [0.2, 0.25) is 5.96 Å². The maximum atomic E-state index is 5.66. The highest BCUT2D eigenvalue weighted by molar-refractivity contribution is 5.96. The van der Waals surface area contributed by atoms with Crippen molar-refractivity contribution in [3.63, 3.8) is 0 Å². The van der Waals surface area contributed by atoms with Gasteiger partial charge >= 0.3 is 0 Å². The van der Waals surface area contributed by atoms with Crippen LogP contribution < -0.4 is 5.73 Å². The van der Waals surface area contributed by atoms with E-state index in [1.54, 1.807) is 0 Å². The van der Waals surface area contributed by atoms with Crippen LogP contribution in [0.25, 0.3) is 0 Å². The first kappa shape index (κ1) is 12.1. The van der Waals surface area contributed by atoms with Gasteiger partial charge in [-0.25, -0.2) is 9.98 Å². The smallest absolute Gasteiger partial charge is 0.215 e. The molecule has 0 heterocycles. The second-order valence-corrected chi connectivity index (χ2v) is 4.55.